The summed E-state index contributed by atoms with van der Waals surface area (Å²) in [4.78, 5) is 25.7. The number of amides is 1. The number of esters is 1. The fourth-order valence-corrected chi connectivity index (χ4v) is 2.81. The van der Waals surface area contributed by atoms with Gasteiger partial charge in [0.05, 0.1) is 13.2 Å². The third-order valence-corrected chi connectivity index (χ3v) is 3.56. The third kappa shape index (κ3) is 2.83. The van der Waals surface area contributed by atoms with E-state index in [1.807, 2.05) is 20.8 Å². The van der Waals surface area contributed by atoms with Gasteiger partial charge in [0, 0.05) is 12.6 Å². The SMILES string of the molecule is COC(=O)[C@@H]1NC[C@@H]2CC[C@H]1N2C(=O)OC(C)(C)C. The summed E-state index contributed by atoms with van der Waals surface area (Å²) >= 11 is 0. The number of hydrogen-bond donors (Lipinski definition) is 1. The highest BCUT2D eigenvalue weighted by Gasteiger charge is 2.49. The maximum Gasteiger partial charge on any atom is 0.410 e. The van der Waals surface area contributed by atoms with E-state index in [1.165, 1.54) is 7.11 Å². The molecule has 0 aromatic heterocycles. The molecule has 0 radical (unpaired) electrons. The summed E-state index contributed by atoms with van der Waals surface area (Å²) in [5.74, 6) is -0.320. The molecule has 3 atom stereocenters. The zero-order chi connectivity index (χ0) is 14.2. The van der Waals surface area contributed by atoms with Crippen LogP contribution >= 0.6 is 0 Å². The molecule has 19 heavy (non-hydrogen) atoms. The predicted octanol–water partition coefficient (Wildman–Crippen LogP) is 0.899. The normalized spacial score (nSPS) is 30.1. The first-order chi connectivity index (χ1) is 8.83. The van der Waals surface area contributed by atoms with E-state index in [0.717, 1.165) is 12.8 Å². The Morgan fingerprint density at radius 2 is 1.95 bits per heavy atom. The summed E-state index contributed by atoms with van der Waals surface area (Å²) in [7, 11) is 1.36. The van der Waals surface area contributed by atoms with Crippen LogP contribution in [0.1, 0.15) is 33.6 Å². The minimum Gasteiger partial charge on any atom is -0.468 e. The fourth-order valence-electron chi connectivity index (χ4n) is 2.81. The average Bonchev–Trinajstić information content (AvgIpc) is 2.61. The first kappa shape index (κ1) is 14.1. The second-order valence-electron chi connectivity index (χ2n) is 6.10. The van der Waals surface area contributed by atoms with Crippen molar-refractivity contribution in [3.63, 3.8) is 0 Å². The number of piperazine rings is 1. The molecule has 2 rings (SSSR count). The van der Waals surface area contributed by atoms with Gasteiger partial charge in [0.2, 0.25) is 0 Å². The van der Waals surface area contributed by atoms with Gasteiger partial charge in [-0.2, -0.15) is 0 Å². The van der Waals surface area contributed by atoms with Crippen LogP contribution < -0.4 is 5.32 Å². The highest BCUT2D eigenvalue weighted by atomic mass is 16.6. The van der Waals surface area contributed by atoms with Crippen molar-refractivity contribution in [2.45, 2.75) is 57.3 Å². The van der Waals surface area contributed by atoms with Crippen LogP contribution in [0, 0.1) is 0 Å². The lowest BCUT2D eigenvalue weighted by Crippen LogP contribution is -2.62. The summed E-state index contributed by atoms with van der Waals surface area (Å²) in [5.41, 5.74) is -0.526. The van der Waals surface area contributed by atoms with Crippen molar-refractivity contribution in [3.8, 4) is 0 Å². The maximum absolute atomic E-state index is 12.3. The zero-order valence-corrected chi connectivity index (χ0v) is 11.9. The lowest BCUT2D eigenvalue weighted by molar-refractivity contribution is -0.145. The van der Waals surface area contributed by atoms with Crippen LogP contribution in [-0.4, -0.2) is 54.3 Å². The molecule has 2 aliphatic rings. The molecule has 0 saturated carbocycles. The minimum absolute atomic E-state index is 0.112. The van der Waals surface area contributed by atoms with Crippen LogP contribution in [0.25, 0.3) is 0 Å². The smallest absolute Gasteiger partial charge is 0.410 e. The quantitative estimate of drug-likeness (QED) is 0.717. The third-order valence-electron chi connectivity index (χ3n) is 3.56. The topological polar surface area (TPSA) is 67.9 Å². The number of ether oxygens (including phenoxy) is 2. The Balaban J connectivity index is 2.12. The van der Waals surface area contributed by atoms with Crippen molar-refractivity contribution in [1.82, 2.24) is 10.2 Å². The molecule has 2 bridgehead atoms. The Morgan fingerprint density at radius 3 is 2.53 bits per heavy atom. The van der Waals surface area contributed by atoms with Crippen molar-refractivity contribution < 1.29 is 19.1 Å². The molecule has 1 amide bonds. The van der Waals surface area contributed by atoms with Crippen LogP contribution in [-0.2, 0) is 14.3 Å². The molecule has 0 aliphatic carbocycles. The molecule has 2 saturated heterocycles. The van der Waals surface area contributed by atoms with E-state index in [2.05, 4.69) is 5.32 Å². The average molecular weight is 270 g/mol. The van der Waals surface area contributed by atoms with Crippen molar-refractivity contribution >= 4 is 12.1 Å². The standard InChI is InChI=1S/C13H22N2O4/c1-13(2,3)19-12(17)15-8-5-6-9(15)10(14-7-8)11(16)18-4/h8-10,14H,5-7H2,1-4H3/t8-,9+,10+/m0/s1. The zero-order valence-electron chi connectivity index (χ0n) is 11.9. The Hall–Kier alpha value is -1.30. The lowest BCUT2D eigenvalue weighted by Gasteiger charge is -2.39. The number of fused-ring (bicyclic) bond motifs is 2. The molecular formula is C13H22N2O4. The molecule has 2 aliphatic heterocycles. The summed E-state index contributed by atoms with van der Waals surface area (Å²) in [6.07, 6.45) is 1.36. The van der Waals surface area contributed by atoms with Crippen molar-refractivity contribution in [2.75, 3.05) is 13.7 Å². The van der Waals surface area contributed by atoms with E-state index >= 15 is 0 Å². The predicted molar refractivity (Wildman–Crippen MR) is 68.7 cm³/mol. The van der Waals surface area contributed by atoms with Gasteiger partial charge >= 0.3 is 12.1 Å². The highest BCUT2D eigenvalue weighted by molar-refractivity contribution is 5.79. The Bertz CT molecular complexity index is 377. The molecular weight excluding hydrogens is 248 g/mol. The van der Waals surface area contributed by atoms with E-state index in [-0.39, 0.29) is 24.1 Å². The first-order valence-corrected chi connectivity index (χ1v) is 6.66. The van der Waals surface area contributed by atoms with Gasteiger partial charge in [-0.1, -0.05) is 0 Å². The molecule has 1 N–H and O–H groups in total. The van der Waals surface area contributed by atoms with Crippen LogP contribution in [0.3, 0.4) is 0 Å². The molecule has 0 aromatic carbocycles. The van der Waals surface area contributed by atoms with E-state index in [1.54, 1.807) is 4.90 Å². The van der Waals surface area contributed by atoms with Gasteiger partial charge in [0.1, 0.15) is 11.6 Å². The molecule has 2 heterocycles. The van der Waals surface area contributed by atoms with Gasteiger partial charge in [0.25, 0.3) is 0 Å². The van der Waals surface area contributed by atoms with Gasteiger partial charge in [-0.3, -0.25) is 9.69 Å². The molecule has 108 valence electrons. The second-order valence-corrected chi connectivity index (χ2v) is 6.10. The number of carbonyl (C=O) groups is 2. The van der Waals surface area contributed by atoms with Crippen LogP contribution in [0.15, 0.2) is 0 Å². The Kier molecular flexibility index (Phi) is 3.71. The molecule has 0 unspecified atom stereocenters. The fraction of sp³-hybridized carbons (Fsp3) is 0.846. The van der Waals surface area contributed by atoms with E-state index in [0.29, 0.717) is 6.54 Å². The Morgan fingerprint density at radius 1 is 1.26 bits per heavy atom. The van der Waals surface area contributed by atoms with Gasteiger partial charge in [-0.15, -0.1) is 0 Å². The minimum atomic E-state index is -0.526. The lowest BCUT2D eigenvalue weighted by atomic mass is 10.1. The van der Waals surface area contributed by atoms with Crippen molar-refractivity contribution in [1.29, 1.82) is 0 Å². The van der Waals surface area contributed by atoms with E-state index in [4.69, 9.17) is 9.47 Å². The summed E-state index contributed by atoms with van der Waals surface area (Å²) in [6.45, 7) is 6.13. The van der Waals surface area contributed by atoms with Crippen LogP contribution in [0.5, 0.6) is 0 Å². The van der Waals surface area contributed by atoms with Crippen molar-refractivity contribution in [3.05, 3.63) is 0 Å². The molecule has 2 fully saturated rings. The summed E-state index contributed by atoms with van der Waals surface area (Å²) in [5, 5.41) is 3.16. The van der Waals surface area contributed by atoms with Crippen molar-refractivity contribution in [2.24, 2.45) is 0 Å². The number of methoxy groups -OCH3 is 1. The van der Waals surface area contributed by atoms with Gasteiger partial charge in [-0.05, 0) is 33.6 Å². The second kappa shape index (κ2) is 5.00. The van der Waals surface area contributed by atoms with E-state index in [9.17, 15) is 9.59 Å². The maximum atomic E-state index is 12.3. The van der Waals surface area contributed by atoms with Crippen LogP contribution in [0.2, 0.25) is 0 Å². The highest BCUT2D eigenvalue weighted by Crippen LogP contribution is 2.31. The van der Waals surface area contributed by atoms with Crippen LogP contribution in [0.4, 0.5) is 4.79 Å². The molecule has 6 nitrogen and oxygen atoms in total. The summed E-state index contributed by atoms with van der Waals surface area (Å²) in [6, 6.07) is -0.502. The van der Waals surface area contributed by atoms with Gasteiger partial charge in [-0.25, -0.2) is 4.79 Å². The van der Waals surface area contributed by atoms with Gasteiger partial charge < -0.3 is 14.8 Å². The molecule has 6 heteroatoms. The first-order valence-electron chi connectivity index (χ1n) is 6.66. The number of rotatable bonds is 1. The number of hydrogen-bond acceptors (Lipinski definition) is 5. The largest absolute Gasteiger partial charge is 0.468 e. The summed E-state index contributed by atoms with van der Waals surface area (Å²) < 4.78 is 10.2. The number of carbonyl (C=O) groups excluding carboxylic acids is 2. The van der Waals surface area contributed by atoms with Gasteiger partial charge in [0.15, 0.2) is 0 Å². The number of nitrogens with zero attached hydrogens (tertiary/aromatic N) is 1. The van der Waals surface area contributed by atoms with E-state index < -0.39 is 11.6 Å². The molecule has 0 spiro atoms. The number of nitrogens with one attached hydrogen (secondary N) is 1. The monoisotopic (exact) mass is 270 g/mol. The Labute approximate surface area is 113 Å². The molecule has 0 aromatic rings.